The lowest BCUT2D eigenvalue weighted by Crippen LogP contribution is -2.15. The van der Waals surface area contributed by atoms with Gasteiger partial charge in [0.15, 0.2) is 0 Å². The molecule has 0 aliphatic rings. The van der Waals surface area contributed by atoms with E-state index in [2.05, 4.69) is 18.0 Å². The van der Waals surface area contributed by atoms with Gasteiger partial charge in [0.05, 0.1) is 6.26 Å². The number of furan rings is 1. The van der Waals surface area contributed by atoms with Crippen molar-refractivity contribution < 1.29 is 4.42 Å². The van der Waals surface area contributed by atoms with Gasteiger partial charge in [-0.2, -0.15) is 0 Å². The van der Waals surface area contributed by atoms with Crippen molar-refractivity contribution in [1.29, 1.82) is 0 Å². The molecule has 0 aliphatic heterocycles. The fourth-order valence-electron chi connectivity index (χ4n) is 1.94. The van der Waals surface area contributed by atoms with Crippen molar-refractivity contribution >= 4 is 0 Å². The first-order chi connectivity index (χ1) is 7.77. The third-order valence-corrected chi connectivity index (χ3v) is 2.90. The average Bonchev–Trinajstić information content (AvgIpc) is 2.70. The molecule has 1 rings (SSSR count). The van der Waals surface area contributed by atoms with E-state index in [0.29, 0.717) is 6.04 Å². The smallest absolute Gasteiger partial charge is 0.101 e. The lowest BCUT2D eigenvalue weighted by atomic mass is 10.0. The quantitative estimate of drug-likeness (QED) is 0.530. The van der Waals surface area contributed by atoms with Crippen molar-refractivity contribution in [2.75, 3.05) is 7.05 Å². The van der Waals surface area contributed by atoms with Gasteiger partial charge in [0.25, 0.3) is 0 Å². The number of nitrogens with one attached hydrogen (secondary N) is 1. The molecule has 0 spiro atoms. The van der Waals surface area contributed by atoms with Crippen molar-refractivity contribution in [2.45, 2.75) is 45.1 Å². The minimum absolute atomic E-state index is 0.432. The Morgan fingerprint density at radius 2 is 2.25 bits per heavy atom. The van der Waals surface area contributed by atoms with E-state index in [4.69, 9.17) is 4.42 Å². The van der Waals surface area contributed by atoms with Crippen LogP contribution in [-0.2, 0) is 0 Å². The van der Waals surface area contributed by atoms with E-state index < -0.39 is 0 Å². The van der Waals surface area contributed by atoms with Crippen LogP contribution < -0.4 is 5.32 Å². The molecule has 1 aromatic rings. The number of hydrogen-bond acceptors (Lipinski definition) is 2. The molecule has 2 nitrogen and oxygen atoms in total. The summed E-state index contributed by atoms with van der Waals surface area (Å²) in [7, 11) is 2.01. The first-order valence-corrected chi connectivity index (χ1v) is 6.11. The molecule has 90 valence electrons. The summed E-state index contributed by atoms with van der Waals surface area (Å²) in [5.41, 5.74) is 1.27. The van der Waals surface area contributed by atoms with Gasteiger partial charge in [0, 0.05) is 11.6 Å². The number of hydrogen-bond donors (Lipinski definition) is 1. The van der Waals surface area contributed by atoms with Gasteiger partial charge >= 0.3 is 0 Å². The summed E-state index contributed by atoms with van der Waals surface area (Å²) < 4.78 is 5.34. The maximum absolute atomic E-state index is 5.34. The molecular formula is C14H23NO. The molecule has 1 heterocycles. The van der Waals surface area contributed by atoms with Crippen molar-refractivity contribution in [3.8, 4) is 0 Å². The Kier molecular flexibility index (Phi) is 5.94. The molecule has 0 aliphatic carbocycles. The standard InChI is InChI=1S/C14H23NO/c1-4-5-6-7-8-9-14(15-3)13-10-12(2)16-11-13/h4,10-11,14-15H,1,5-9H2,2-3H3. The Balaban J connectivity index is 2.29. The van der Waals surface area contributed by atoms with Crippen molar-refractivity contribution in [3.63, 3.8) is 0 Å². The van der Waals surface area contributed by atoms with E-state index in [1.807, 2.05) is 26.3 Å². The Morgan fingerprint density at radius 1 is 1.44 bits per heavy atom. The third-order valence-electron chi connectivity index (χ3n) is 2.90. The Morgan fingerprint density at radius 3 is 2.81 bits per heavy atom. The molecule has 0 radical (unpaired) electrons. The summed E-state index contributed by atoms with van der Waals surface area (Å²) >= 11 is 0. The van der Waals surface area contributed by atoms with Crippen LogP contribution in [0.15, 0.2) is 29.4 Å². The zero-order valence-electron chi connectivity index (χ0n) is 10.5. The SMILES string of the molecule is C=CCCCCCC(NC)c1coc(C)c1. The topological polar surface area (TPSA) is 25.2 Å². The van der Waals surface area contributed by atoms with Crippen molar-refractivity contribution in [2.24, 2.45) is 0 Å². The van der Waals surface area contributed by atoms with Crippen molar-refractivity contribution in [3.05, 3.63) is 36.3 Å². The highest BCUT2D eigenvalue weighted by molar-refractivity contribution is 5.16. The molecule has 0 amide bonds. The molecule has 0 saturated heterocycles. The second-order valence-electron chi connectivity index (χ2n) is 4.26. The lowest BCUT2D eigenvalue weighted by Gasteiger charge is -2.13. The minimum atomic E-state index is 0.432. The minimum Gasteiger partial charge on any atom is -0.469 e. The maximum atomic E-state index is 5.34. The number of aryl methyl sites for hydroxylation is 1. The molecule has 16 heavy (non-hydrogen) atoms. The molecule has 0 fully saturated rings. The van der Waals surface area contributed by atoms with Crippen LogP contribution in [0.2, 0.25) is 0 Å². The Hall–Kier alpha value is -1.02. The van der Waals surface area contributed by atoms with Crippen molar-refractivity contribution in [1.82, 2.24) is 5.32 Å². The first kappa shape index (κ1) is 13.0. The molecule has 2 heteroatoms. The third kappa shape index (κ3) is 4.23. The number of unbranched alkanes of at least 4 members (excludes halogenated alkanes) is 3. The highest BCUT2D eigenvalue weighted by Gasteiger charge is 2.10. The fraction of sp³-hybridized carbons (Fsp3) is 0.571. The van der Waals surface area contributed by atoms with E-state index in [-0.39, 0.29) is 0 Å². The molecule has 1 atom stereocenters. The molecule has 0 saturated carbocycles. The average molecular weight is 221 g/mol. The molecule has 0 bridgehead atoms. The highest BCUT2D eigenvalue weighted by atomic mass is 16.3. The molecule has 1 N–H and O–H groups in total. The van der Waals surface area contributed by atoms with Gasteiger partial charge in [0.1, 0.15) is 5.76 Å². The van der Waals surface area contributed by atoms with E-state index in [9.17, 15) is 0 Å². The molecule has 1 aromatic heterocycles. The van der Waals surface area contributed by atoms with Gasteiger partial charge < -0.3 is 9.73 Å². The van der Waals surface area contributed by atoms with Gasteiger partial charge in [-0.05, 0) is 39.3 Å². The molecule has 1 unspecified atom stereocenters. The molecule has 0 aromatic carbocycles. The van der Waals surface area contributed by atoms with Gasteiger partial charge in [-0.15, -0.1) is 6.58 Å². The summed E-state index contributed by atoms with van der Waals surface area (Å²) in [6.45, 7) is 5.72. The monoisotopic (exact) mass is 221 g/mol. The Labute approximate surface area is 98.7 Å². The van der Waals surface area contributed by atoms with E-state index >= 15 is 0 Å². The van der Waals surface area contributed by atoms with Crippen LogP contribution in [0.1, 0.15) is 49.5 Å². The number of rotatable bonds is 8. The summed E-state index contributed by atoms with van der Waals surface area (Å²) in [4.78, 5) is 0. The van der Waals surface area contributed by atoms with Gasteiger partial charge in [0.2, 0.25) is 0 Å². The number of allylic oxidation sites excluding steroid dienone is 1. The zero-order chi connectivity index (χ0) is 11.8. The predicted molar refractivity (Wildman–Crippen MR) is 68.5 cm³/mol. The summed E-state index contributed by atoms with van der Waals surface area (Å²) in [6.07, 6.45) is 9.95. The molecular weight excluding hydrogens is 198 g/mol. The first-order valence-electron chi connectivity index (χ1n) is 6.11. The van der Waals surface area contributed by atoms with Gasteiger partial charge in [-0.1, -0.05) is 18.9 Å². The summed E-state index contributed by atoms with van der Waals surface area (Å²) in [5.74, 6) is 0.988. The Bertz CT molecular complexity index is 303. The second kappa shape index (κ2) is 7.29. The second-order valence-corrected chi connectivity index (χ2v) is 4.26. The highest BCUT2D eigenvalue weighted by Crippen LogP contribution is 2.21. The van der Waals surface area contributed by atoms with Gasteiger partial charge in [-0.25, -0.2) is 0 Å². The summed E-state index contributed by atoms with van der Waals surface area (Å²) in [6, 6.07) is 2.55. The van der Waals surface area contributed by atoms with E-state index in [1.165, 1.54) is 31.2 Å². The largest absolute Gasteiger partial charge is 0.469 e. The fourth-order valence-corrected chi connectivity index (χ4v) is 1.94. The van der Waals surface area contributed by atoms with Crippen LogP contribution in [0.3, 0.4) is 0 Å². The van der Waals surface area contributed by atoms with Crippen LogP contribution in [0.25, 0.3) is 0 Å². The van der Waals surface area contributed by atoms with E-state index in [1.54, 1.807) is 0 Å². The van der Waals surface area contributed by atoms with Crippen LogP contribution in [-0.4, -0.2) is 7.05 Å². The van der Waals surface area contributed by atoms with Crippen LogP contribution >= 0.6 is 0 Å². The van der Waals surface area contributed by atoms with Crippen LogP contribution in [0.5, 0.6) is 0 Å². The normalized spacial score (nSPS) is 12.6. The maximum Gasteiger partial charge on any atom is 0.101 e. The van der Waals surface area contributed by atoms with E-state index in [0.717, 1.165) is 12.2 Å². The summed E-state index contributed by atoms with van der Waals surface area (Å²) in [5, 5.41) is 3.34. The predicted octanol–water partition coefficient (Wildman–Crippen LogP) is 3.99. The van der Waals surface area contributed by atoms with Crippen LogP contribution in [0.4, 0.5) is 0 Å². The van der Waals surface area contributed by atoms with Gasteiger partial charge in [-0.3, -0.25) is 0 Å². The van der Waals surface area contributed by atoms with Crippen LogP contribution in [0, 0.1) is 6.92 Å². The lowest BCUT2D eigenvalue weighted by molar-refractivity contribution is 0.491. The zero-order valence-corrected chi connectivity index (χ0v) is 10.5.